The van der Waals surface area contributed by atoms with E-state index < -0.39 is 0 Å². The van der Waals surface area contributed by atoms with Gasteiger partial charge in [-0.1, -0.05) is 0 Å². The normalized spacial score (nSPS) is 31.3. The zero-order chi connectivity index (χ0) is 19.7. The van der Waals surface area contributed by atoms with Crippen LogP contribution in [0.2, 0.25) is 0 Å². The lowest BCUT2D eigenvalue weighted by molar-refractivity contribution is -0.146. The largest absolute Gasteiger partial charge is 0.357 e. The van der Waals surface area contributed by atoms with Crippen LogP contribution in [-0.2, 0) is 9.59 Å². The fourth-order valence-electron chi connectivity index (χ4n) is 5.59. The molecule has 4 aliphatic rings. The average Bonchev–Trinajstić information content (AvgIpc) is 2.54. The zero-order valence-electron chi connectivity index (χ0n) is 16.8. The van der Waals surface area contributed by atoms with Gasteiger partial charge in [-0.25, -0.2) is 0 Å². The second-order valence-corrected chi connectivity index (χ2v) is 10.3. The van der Waals surface area contributed by atoms with E-state index in [4.69, 9.17) is 12.2 Å². The van der Waals surface area contributed by atoms with E-state index in [2.05, 4.69) is 21.5 Å². The molecule has 0 aromatic rings. The van der Waals surface area contributed by atoms with E-state index in [0.29, 0.717) is 24.5 Å². The highest BCUT2D eigenvalue weighted by Gasteiger charge is 2.54. The maximum Gasteiger partial charge on any atom is 0.238 e. The number of hydrazine groups is 1. The highest BCUT2D eigenvalue weighted by Crippen LogP contribution is 2.60. The molecule has 152 valence electrons. The fraction of sp³-hybridized carbons (Fsp3) is 0.850. The first-order valence-electron chi connectivity index (χ1n) is 10.3. The lowest BCUT2D eigenvalue weighted by atomic mass is 9.49. The van der Waals surface area contributed by atoms with Crippen LogP contribution in [0.1, 0.15) is 72.1 Å². The second-order valence-electron chi connectivity index (χ2n) is 9.93. The Kier molecular flexibility index (Phi) is 5.99. The van der Waals surface area contributed by atoms with Crippen LogP contribution in [0, 0.1) is 23.2 Å². The van der Waals surface area contributed by atoms with Gasteiger partial charge < -0.3 is 10.6 Å². The van der Waals surface area contributed by atoms with Crippen molar-refractivity contribution in [2.75, 3.05) is 6.54 Å². The standard InChI is InChI=1S/C20H34N4O2S/c1-19(2,3)22-18(27)24-23-16(25)5-4-6-21-17(26)20-10-13-7-14(11-20)9-15(8-13)12-20/h13-15H,4-12H2,1-3H3,(H,21,26)(H,23,25)(H2,22,24,27). The van der Waals surface area contributed by atoms with E-state index in [1.54, 1.807) is 0 Å². The molecule has 6 nitrogen and oxygen atoms in total. The number of hydrogen-bond acceptors (Lipinski definition) is 3. The Morgan fingerprint density at radius 1 is 1.00 bits per heavy atom. The summed E-state index contributed by atoms with van der Waals surface area (Å²) in [7, 11) is 0. The Bertz CT molecular complexity index is 564. The predicted molar refractivity (Wildman–Crippen MR) is 110 cm³/mol. The fourth-order valence-corrected chi connectivity index (χ4v) is 5.95. The van der Waals surface area contributed by atoms with Crippen molar-refractivity contribution >= 4 is 29.1 Å². The third-order valence-electron chi connectivity index (χ3n) is 6.19. The topological polar surface area (TPSA) is 82.3 Å². The van der Waals surface area contributed by atoms with Crippen molar-refractivity contribution in [1.29, 1.82) is 0 Å². The minimum Gasteiger partial charge on any atom is -0.357 e. The zero-order valence-corrected chi connectivity index (χ0v) is 17.6. The van der Waals surface area contributed by atoms with Crippen molar-refractivity contribution in [3.63, 3.8) is 0 Å². The molecule has 0 saturated heterocycles. The van der Waals surface area contributed by atoms with Crippen LogP contribution in [0.3, 0.4) is 0 Å². The van der Waals surface area contributed by atoms with Gasteiger partial charge in [-0.05, 0) is 95.7 Å². The summed E-state index contributed by atoms with van der Waals surface area (Å²) in [6.45, 7) is 6.54. The first-order valence-corrected chi connectivity index (χ1v) is 10.7. The molecule has 0 heterocycles. The molecule has 4 aliphatic carbocycles. The molecule has 4 fully saturated rings. The van der Waals surface area contributed by atoms with E-state index in [1.807, 2.05) is 20.8 Å². The molecular weight excluding hydrogens is 360 g/mol. The van der Waals surface area contributed by atoms with Gasteiger partial charge in [0.25, 0.3) is 0 Å². The maximum atomic E-state index is 12.8. The minimum atomic E-state index is -0.156. The molecule has 7 heteroatoms. The van der Waals surface area contributed by atoms with Crippen LogP contribution in [0.25, 0.3) is 0 Å². The van der Waals surface area contributed by atoms with Gasteiger partial charge >= 0.3 is 0 Å². The van der Waals surface area contributed by atoms with Gasteiger partial charge in [0.2, 0.25) is 11.8 Å². The number of carbonyl (C=O) groups excluding carboxylic acids is 2. The summed E-state index contributed by atoms with van der Waals surface area (Å²) in [4.78, 5) is 24.7. The molecule has 4 bridgehead atoms. The molecule has 0 radical (unpaired) electrons. The number of thiocarbonyl (C=S) groups is 1. The van der Waals surface area contributed by atoms with Gasteiger partial charge in [-0.2, -0.15) is 0 Å². The Balaban J connectivity index is 1.33. The van der Waals surface area contributed by atoms with Crippen LogP contribution in [0.15, 0.2) is 0 Å². The van der Waals surface area contributed by atoms with Gasteiger partial charge in [-0.15, -0.1) is 0 Å². The molecule has 4 saturated carbocycles. The van der Waals surface area contributed by atoms with Gasteiger partial charge in [0.1, 0.15) is 0 Å². The Hall–Kier alpha value is -1.37. The molecule has 0 aliphatic heterocycles. The van der Waals surface area contributed by atoms with Crippen LogP contribution < -0.4 is 21.5 Å². The van der Waals surface area contributed by atoms with Crippen molar-refractivity contribution < 1.29 is 9.59 Å². The molecule has 0 spiro atoms. The van der Waals surface area contributed by atoms with Gasteiger partial charge in [-0.3, -0.25) is 20.4 Å². The predicted octanol–water partition coefficient (Wildman–Crippen LogP) is 2.39. The van der Waals surface area contributed by atoms with Gasteiger partial charge in [0, 0.05) is 23.9 Å². The number of amides is 2. The quantitative estimate of drug-likeness (QED) is 0.327. The number of rotatable bonds is 5. The monoisotopic (exact) mass is 394 g/mol. The van der Waals surface area contributed by atoms with Crippen LogP contribution in [-0.4, -0.2) is 29.0 Å². The summed E-state index contributed by atoms with van der Waals surface area (Å²) in [5.41, 5.74) is 5.04. The maximum absolute atomic E-state index is 12.8. The number of nitrogens with one attached hydrogen (secondary N) is 4. The van der Waals surface area contributed by atoms with Crippen LogP contribution in [0.5, 0.6) is 0 Å². The van der Waals surface area contributed by atoms with Crippen molar-refractivity contribution in [3.05, 3.63) is 0 Å². The Labute approximate surface area is 168 Å². The van der Waals surface area contributed by atoms with Crippen LogP contribution >= 0.6 is 12.2 Å². The summed E-state index contributed by atoms with van der Waals surface area (Å²) in [5, 5.41) is 6.58. The van der Waals surface area contributed by atoms with Crippen molar-refractivity contribution in [2.24, 2.45) is 23.2 Å². The molecule has 27 heavy (non-hydrogen) atoms. The van der Waals surface area contributed by atoms with E-state index in [0.717, 1.165) is 37.0 Å². The van der Waals surface area contributed by atoms with Crippen LogP contribution in [0.4, 0.5) is 0 Å². The van der Waals surface area contributed by atoms with Crippen molar-refractivity contribution in [3.8, 4) is 0 Å². The first kappa shape index (κ1) is 20.4. The van der Waals surface area contributed by atoms with E-state index in [-0.39, 0.29) is 22.8 Å². The second kappa shape index (κ2) is 7.94. The summed E-state index contributed by atoms with van der Waals surface area (Å²) >= 11 is 5.12. The summed E-state index contributed by atoms with van der Waals surface area (Å²) < 4.78 is 0. The first-order chi connectivity index (χ1) is 12.7. The molecule has 0 unspecified atom stereocenters. The average molecular weight is 395 g/mol. The molecule has 0 aromatic heterocycles. The summed E-state index contributed by atoms with van der Waals surface area (Å²) in [6, 6.07) is 0. The molecule has 0 aromatic carbocycles. The third kappa shape index (κ3) is 5.33. The molecule has 2 amide bonds. The Morgan fingerprint density at radius 3 is 2.07 bits per heavy atom. The van der Waals surface area contributed by atoms with E-state index in [9.17, 15) is 9.59 Å². The third-order valence-corrected chi connectivity index (χ3v) is 6.39. The smallest absolute Gasteiger partial charge is 0.238 e. The van der Waals surface area contributed by atoms with Crippen molar-refractivity contribution in [1.82, 2.24) is 21.5 Å². The summed E-state index contributed by atoms with van der Waals surface area (Å²) in [5.74, 6) is 2.41. The number of hydrogen-bond donors (Lipinski definition) is 4. The SMILES string of the molecule is CC(C)(C)NC(=S)NNC(=O)CCCNC(=O)C12CC3CC(CC(C3)C1)C2. The minimum absolute atomic E-state index is 0.108. The molecule has 4 rings (SSSR count). The van der Waals surface area contributed by atoms with E-state index in [1.165, 1.54) is 19.3 Å². The summed E-state index contributed by atoms with van der Waals surface area (Å²) in [6.07, 6.45) is 8.23. The Morgan fingerprint density at radius 2 is 1.56 bits per heavy atom. The van der Waals surface area contributed by atoms with Gasteiger partial charge in [0.15, 0.2) is 5.11 Å². The molecular formula is C20H34N4O2S. The van der Waals surface area contributed by atoms with E-state index >= 15 is 0 Å². The molecule has 4 N–H and O–H groups in total. The van der Waals surface area contributed by atoms with Crippen molar-refractivity contribution in [2.45, 2.75) is 77.7 Å². The number of carbonyl (C=O) groups is 2. The highest BCUT2D eigenvalue weighted by atomic mass is 32.1. The lowest BCUT2D eigenvalue weighted by Crippen LogP contribution is -2.53. The van der Waals surface area contributed by atoms with Gasteiger partial charge in [0.05, 0.1) is 0 Å². The lowest BCUT2D eigenvalue weighted by Gasteiger charge is -2.55. The molecule has 0 atom stereocenters. The highest BCUT2D eigenvalue weighted by molar-refractivity contribution is 7.80.